The first-order valence-corrected chi connectivity index (χ1v) is 17.7. The lowest BCUT2D eigenvalue weighted by molar-refractivity contribution is 1.01. The van der Waals surface area contributed by atoms with Crippen molar-refractivity contribution in [3.05, 3.63) is 176 Å². The summed E-state index contributed by atoms with van der Waals surface area (Å²) in [5, 5.41) is 5.76. The van der Waals surface area contributed by atoms with Crippen LogP contribution in [0.15, 0.2) is 170 Å². The second-order valence-corrected chi connectivity index (χ2v) is 13.5. The topological polar surface area (TPSA) is 40.0 Å². The summed E-state index contributed by atoms with van der Waals surface area (Å²) in [7, 11) is 0. The molecule has 5 heterocycles. The maximum absolute atomic E-state index is 5.61. The summed E-state index contributed by atoms with van der Waals surface area (Å²) in [6.07, 6.45) is 0. The third-order valence-corrected chi connectivity index (χ3v) is 10.6. The van der Waals surface area contributed by atoms with Crippen LogP contribution in [-0.4, -0.2) is 23.5 Å². The molecule has 0 atom stereocenters. The van der Waals surface area contributed by atoms with Crippen LogP contribution in [0.25, 0.3) is 94.2 Å². The van der Waals surface area contributed by atoms with Gasteiger partial charge in [0.2, 0.25) is 5.95 Å². The first-order valence-electron chi connectivity index (χ1n) is 17.7. The summed E-state index contributed by atoms with van der Waals surface area (Å²) in [6, 6.07) is 60.3. The van der Waals surface area contributed by atoms with Crippen LogP contribution in [-0.2, 0) is 0 Å². The zero-order valence-corrected chi connectivity index (χ0v) is 28.4. The predicted molar refractivity (Wildman–Crippen MR) is 215 cm³/mol. The van der Waals surface area contributed by atoms with E-state index in [0.29, 0.717) is 5.95 Å². The summed E-state index contributed by atoms with van der Waals surface area (Å²) in [5.74, 6) is 0.648. The third-order valence-electron chi connectivity index (χ3n) is 10.6. The van der Waals surface area contributed by atoms with Crippen molar-refractivity contribution in [1.29, 1.82) is 0 Å². The monoisotopic (exact) mass is 665 g/mol. The molecule has 0 unspecified atom stereocenters. The largest absolute Gasteiger partial charge is 0.311 e. The summed E-state index contributed by atoms with van der Waals surface area (Å²) >= 11 is 0. The van der Waals surface area contributed by atoms with Crippen molar-refractivity contribution in [2.75, 3.05) is 0 Å². The Labute approximate surface area is 299 Å². The number of fused-ring (bicyclic) bond motifs is 9. The fourth-order valence-corrected chi connectivity index (χ4v) is 8.45. The fraction of sp³-hybridized carbons (Fsp3) is 0.0213. The van der Waals surface area contributed by atoms with Gasteiger partial charge in [0.15, 0.2) is 0 Å². The molecule has 0 N–H and O–H groups in total. The minimum absolute atomic E-state index is 0.648. The molecule has 0 fully saturated rings. The number of rotatable bonds is 4. The third kappa shape index (κ3) is 3.99. The zero-order chi connectivity index (χ0) is 34.3. The Morgan fingerprint density at radius 2 is 1.04 bits per heavy atom. The smallest absolute Gasteiger partial charge is 0.235 e. The molecule has 0 radical (unpaired) electrons. The average Bonchev–Trinajstić information content (AvgIpc) is 3.84. The molecule has 0 aliphatic carbocycles. The van der Waals surface area contributed by atoms with Gasteiger partial charge in [0.1, 0.15) is 0 Å². The molecular weight excluding hydrogens is 635 g/mol. The highest BCUT2D eigenvalue weighted by atomic mass is 15.2. The number of hydrogen-bond acceptors (Lipinski definition) is 2. The summed E-state index contributed by atoms with van der Waals surface area (Å²) < 4.78 is 7.05. The van der Waals surface area contributed by atoms with Gasteiger partial charge in [0.25, 0.3) is 0 Å². The standard InChI is InChI=1S/C47H31N5/c1-30-16-14-28-41-43-35-23-10-13-27-39(35)52(46(43)45(50(30)41)31-17-4-2-5-18-31)47-48-37-25-11-8-21-33(37)44(49-47)36-24-15-29-40-42(36)34-22-9-12-26-38(34)51(40)32-19-6-3-7-20-32/h2-29H,1H3. The second kappa shape index (κ2) is 11.0. The molecule has 0 saturated carbocycles. The van der Waals surface area contributed by atoms with Gasteiger partial charge in [0.05, 0.1) is 44.5 Å². The molecular formula is C47H31N5. The van der Waals surface area contributed by atoms with Crippen LogP contribution in [0.5, 0.6) is 0 Å². The van der Waals surface area contributed by atoms with E-state index in [1.807, 2.05) is 0 Å². The Balaban J connectivity index is 1.29. The van der Waals surface area contributed by atoms with Crippen molar-refractivity contribution in [2.24, 2.45) is 0 Å². The first kappa shape index (κ1) is 28.8. The van der Waals surface area contributed by atoms with Crippen LogP contribution >= 0.6 is 0 Å². The molecule has 5 aromatic heterocycles. The lowest BCUT2D eigenvalue weighted by atomic mass is 10.0. The second-order valence-electron chi connectivity index (χ2n) is 13.5. The molecule has 52 heavy (non-hydrogen) atoms. The Morgan fingerprint density at radius 3 is 1.83 bits per heavy atom. The van der Waals surface area contributed by atoms with Gasteiger partial charge >= 0.3 is 0 Å². The molecule has 0 amide bonds. The van der Waals surface area contributed by atoms with Crippen LogP contribution in [0.4, 0.5) is 0 Å². The molecule has 11 aromatic rings. The molecule has 11 rings (SSSR count). The molecule has 5 nitrogen and oxygen atoms in total. The lowest BCUT2D eigenvalue weighted by Crippen LogP contribution is -2.04. The number of benzene rings is 6. The number of pyridine rings is 1. The maximum atomic E-state index is 5.61. The van der Waals surface area contributed by atoms with Gasteiger partial charge in [-0.15, -0.1) is 0 Å². The van der Waals surface area contributed by atoms with E-state index in [4.69, 9.17) is 9.97 Å². The summed E-state index contributed by atoms with van der Waals surface area (Å²) in [6.45, 7) is 2.18. The quantitative estimate of drug-likeness (QED) is 0.188. The highest BCUT2D eigenvalue weighted by Crippen LogP contribution is 2.44. The van der Waals surface area contributed by atoms with Crippen LogP contribution in [0.1, 0.15) is 5.69 Å². The van der Waals surface area contributed by atoms with Gasteiger partial charge in [-0.05, 0) is 55.5 Å². The molecule has 0 bridgehead atoms. The molecule has 5 heteroatoms. The Bertz CT molecular complexity index is 3180. The SMILES string of the molecule is Cc1cccc2c3c4ccccc4n(-c4nc(-c5cccc6c5c5ccccc5n6-c5ccccc5)c5ccccc5n4)c3c(-c3ccccc3)n12. The lowest BCUT2D eigenvalue weighted by Gasteiger charge is -2.14. The van der Waals surface area contributed by atoms with Crippen LogP contribution in [0.3, 0.4) is 0 Å². The maximum Gasteiger partial charge on any atom is 0.235 e. The number of hydrogen-bond donors (Lipinski definition) is 0. The Kier molecular flexibility index (Phi) is 6.10. The molecule has 244 valence electrons. The minimum atomic E-state index is 0.648. The zero-order valence-electron chi connectivity index (χ0n) is 28.4. The van der Waals surface area contributed by atoms with Gasteiger partial charge in [-0.2, -0.15) is 0 Å². The van der Waals surface area contributed by atoms with Crippen LogP contribution in [0.2, 0.25) is 0 Å². The van der Waals surface area contributed by atoms with E-state index in [2.05, 4.69) is 190 Å². The van der Waals surface area contributed by atoms with Crippen molar-refractivity contribution in [3.8, 4) is 34.2 Å². The normalized spacial score (nSPS) is 11.9. The summed E-state index contributed by atoms with van der Waals surface area (Å²) in [5.41, 5.74) is 13.1. The van der Waals surface area contributed by atoms with E-state index in [1.165, 1.54) is 32.8 Å². The molecule has 6 aromatic carbocycles. The molecule has 0 saturated heterocycles. The van der Waals surface area contributed by atoms with Gasteiger partial charge in [-0.25, -0.2) is 9.97 Å². The van der Waals surface area contributed by atoms with Crippen LogP contribution in [0, 0.1) is 6.92 Å². The van der Waals surface area contributed by atoms with E-state index in [9.17, 15) is 0 Å². The highest BCUT2D eigenvalue weighted by molar-refractivity contribution is 6.21. The Morgan fingerprint density at radius 1 is 0.442 bits per heavy atom. The van der Waals surface area contributed by atoms with E-state index in [0.717, 1.165) is 61.2 Å². The van der Waals surface area contributed by atoms with Crippen molar-refractivity contribution in [1.82, 2.24) is 23.5 Å². The van der Waals surface area contributed by atoms with Crippen molar-refractivity contribution < 1.29 is 0 Å². The number of aromatic nitrogens is 5. The minimum Gasteiger partial charge on any atom is -0.311 e. The number of aryl methyl sites for hydroxylation is 1. The van der Waals surface area contributed by atoms with E-state index in [1.54, 1.807) is 0 Å². The van der Waals surface area contributed by atoms with E-state index < -0.39 is 0 Å². The van der Waals surface area contributed by atoms with Gasteiger partial charge < -0.3 is 8.97 Å². The molecule has 0 aliphatic heterocycles. The van der Waals surface area contributed by atoms with Crippen molar-refractivity contribution in [2.45, 2.75) is 6.92 Å². The molecule has 0 spiro atoms. The first-order chi connectivity index (χ1) is 25.8. The predicted octanol–water partition coefficient (Wildman–Crippen LogP) is 11.7. The number of nitrogens with zero attached hydrogens (tertiary/aromatic N) is 5. The van der Waals surface area contributed by atoms with Crippen molar-refractivity contribution >= 4 is 60.0 Å². The van der Waals surface area contributed by atoms with Gasteiger partial charge in [-0.1, -0.05) is 121 Å². The highest BCUT2D eigenvalue weighted by Gasteiger charge is 2.26. The molecule has 0 aliphatic rings. The van der Waals surface area contributed by atoms with Crippen LogP contribution < -0.4 is 0 Å². The van der Waals surface area contributed by atoms with Gasteiger partial charge in [0, 0.05) is 49.4 Å². The summed E-state index contributed by atoms with van der Waals surface area (Å²) in [4.78, 5) is 11.0. The van der Waals surface area contributed by atoms with Crippen molar-refractivity contribution in [3.63, 3.8) is 0 Å². The Hall–Kier alpha value is -6.98. The van der Waals surface area contributed by atoms with E-state index in [-0.39, 0.29) is 0 Å². The number of para-hydroxylation sites is 4. The van der Waals surface area contributed by atoms with E-state index >= 15 is 0 Å². The van der Waals surface area contributed by atoms with Gasteiger partial charge in [-0.3, -0.25) is 4.57 Å². The fourth-order valence-electron chi connectivity index (χ4n) is 8.45. The average molecular weight is 666 g/mol.